The Morgan fingerprint density at radius 3 is 2.59 bits per heavy atom. The molecule has 0 fully saturated rings. The number of carbonyl (C=O) groups excluding carboxylic acids is 1. The highest BCUT2D eigenvalue weighted by molar-refractivity contribution is 7.99. The van der Waals surface area contributed by atoms with Gasteiger partial charge >= 0.3 is 6.18 Å². The maximum Gasteiger partial charge on any atom is 0.417 e. The third-order valence-electron chi connectivity index (χ3n) is 3.55. The molecule has 0 aliphatic heterocycles. The first-order chi connectivity index (χ1) is 12.9. The van der Waals surface area contributed by atoms with Crippen LogP contribution in [0.2, 0.25) is 0 Å². The minimum absolute atomic E-state index is 0.0447. The van der Waals surface area contributed by atoms with E-state index in [-0.39, 0.29) is 28.9 Å². The lowest BCUT2D eigenvalue weighted by Crippen LogP contribution is -2.14. The van der Waals surface area contributed by atoms with Gasteiger partial charge in [-0.2, -0.15) is 18.4 Å². The monoisotopic (exact) mass is 391 g/mol. The SMILES string of the molecule is N#CCc1ccc(NC(=O)CSc2nnc3ccc(C(F)(F)F)cn23)cc1. The van der Waals surface area contributed by atoms with Crippen LogP contribution in [0.25, 0.3) is 5.65 Å². The van der Waals surface area contributed by atoms with Gasteiger partial charge < -0.3 is 5.32 Å². The van der Waals surface area contributed by atoms with E-state index in [0.29, 0.717) is 5.69 Å². The van der Waals surface area contributed by atoms with Gasteiger partial charge in [-0.05, 0) is 29.8 Å². The van der Waals surface area contributed by atoms with Gasteiger partial charge in [-0.3, -0.25) is 9.20 Å². The smallest absolute Gasteiger partial charge is 0.325 e. The summed E-state index contributed by atoms with van der Waals surface area (Å²) < 4.78 is 39.7. The molecule has 1 amide bonds. The van der Waals surface area contributed by atoms with Gasteiger partial charge in [0.05, 0.1) is 23.8 Å². The summed E-state index contributed by atoms with van der Waals surface area (Å²) in [5.41, 5.74) is 0.838. The van der Waals surface area contributed by atoms with Crippen molar-refractivity contribution in [3.63, 3.8) is 0 Å². The average Bonchev–Trinajstić information content (AvgIpc) is 3.03. The molecule has 10 heteroatoms. The Morgan fingerprint density at radius 2 is 1.93 bits per heavy atom. The van der Waals surface area contributed by atoms with Gasteiger partial charge in [0.2, 0.25) is 5.91 Å². The quantitative estimate of drug-likeness (QED) is 0.673. The Morgan fingerprint density at radius 1 is 1.19 bits per heavy atom. The van der Waals surface area contributed by atoms with Gasteiger partial charge in [-0.15, -0.1) is 10.2 Å². The molecule has 0 atom stereocenters. The van der Waals surface area contributed by atoms with Crippen molar-refractivity contribution in [1.29, 1.82) is 5.26 Å². The molecular formula is C17H12F3N5OS. The number of nitrogens with one attached hydrogen (secondary N) is 1. The Kier molecular flexibility index (Phi) is 5.32. The van der Waals surface area contributed by atoms with Gasteiger partial charge in [0.1, 0.15) is 0 Å². The van der Waals surface area contributed by atoms with Crippen LogP contribution in [0.3, 0.4) is 0 Å². The molecule has 3 rings (SSSR count). The number of halogens is 3. The Balaban J connectivity index is 1.65. The van der Waals surface area contributed by atoms with Gasteiger partial charge in [0.15, 0.2) is 10.8 Å². The van der Waals surface area contributed by atoms with E-state index >= 15 is 0 Å². The third kappa shape index (κ3) is 4.57. The standard InChI is InChI=1S/C17H12F3N5OS/c18-17(19,20)12-3-6-14-23-24-16(25(14)9-12)27-10-15(26)22-13-4-1-11(2-5-13)7-8-21/h1-6,9H,7,10H2,(H,22,26). The summed E-state index contributed by atoms with van der Waals surface area (Å²) in [6.45, 7) is 0. The number of anilines is 1. The van der Waals surface area contributed by atoms with Crippen LogP contribution in [0.15, 0.2) is 47.8 Å². The third-order valence-corrected chi connectivity index (χ3v) is 4.49. The average molecular weight is 391 g/mol. The normalized spacial score (nSPS) is 11.3. The zero-order valence-electron chi connectivity index (χ0n) is 13.7. The molecule has 0 saturated heterocycles. The van der Waals surface area contributed by atoms with Crippen molar-refractivity contribution in [2.75, 3.05) is 11.1 Å². The number of hydrogen-bond donors (Lipinski definition) is 1. The second-order valence-corrected chi connectivity index (χ2v) is 6.44. The number of fused-ring (bicyclic) bond motifs is 1. The van der Waals surface area contributed by atoms with Gasteiger partial charge in [0.25, 0.3) is 0 Å². The van der Waals surface area contributed by atoms with Gasteiger partial charge in [-0.25, -0.2) is 0 Å². The molecule has 0 unspecified atom stereocenters. The minimum Gasteiger partial charge on any atom is -0.325 e. The molecule has 27 heavy (non-hydrogen) atoms. The maximum absolute atomic E-state index is 12.8. The summed E-state index contributed by atoms with van der Waals surface area (Å²) in [5.74, 6) is -0.381. The fourth-order valence-corrected chi connectivity index (χ4v) is 2.98. The van der Waals surface area contributed by atoms with Crippen LogP contribution in [0.4, 0.5) is 18.9 Å². The molecule has 0 aliphatic carbocycles. The summed E-state index contributed by atoms with van der Waals surface area (Å²) in [6.07, 6.45) is -3.29. The first kappa shape index (κ1) is 18.7. The van der Waals surface area contributed by atoms with Crippen LogP contribution < -0.4 is 5.32 Å². The summed E-state index contributed by atoms with van der Waals surface area (Å²) in [4.78, 5) is 12.1. The van der Waals surface area contributed by atoms with Gasteiger partial charge in [-0.1, -0.05) is 23.9 Å². The molecular weight excluding hydrogens is 379 g/mol. The number of carbonyl (C=O) groups is 1. The van der Waals surface area contributed by atoms with E-state index in [0.717, 1.165) is 29.6 Å². The second-order valence-electron chi connectivity index (χ2n) is 5.49. The molecule has 0 bridgehead atoms. The summed E-state index contributed by atoms with van der Waals surface area (Å²) in [7, 11) is 0. The van der Waals surface area contributed by atoms with Crippen molar-refractivity contribution >= 4 is 29.0 Å². The van der Waals surface area contributed by atoms with Crippen molar-refractivity contribution in [1.82, 2.24) is 14.6 Å². The van der Waals surface area contributed by atoms with Crippen molar-refractivity contribution in [2.24, 2.45) is 0 Å². The number of thioether (sulfide) groups is 1. The van der Waals surface area contributed by atoms with Crippen molar-refractivity contribution in [3.8, 4) is 6.07 Å². The Hall–Kier alpha value is -3.06. The molecule has 1 N–H and O–H groups in total. The molecule has 2 aromatic heterocycles. The molecule has 3 aromatic rings. The lowest BCUT2D eigenvalue weighted by Gasteiger charge is -2.07. The van der Waals surface area contributed by atoms with E-state index in [1.165, 1.54) is 10.5 Å². The van der Waals surface area contributed by atoms with Crippen LogP contribution in [0, 0.1) is 11.3 Å². The van der Waals surface area contributed by atoms with Crippen molar-refractivity contribution in [3.05, 3.63) is 53.7 Å². The lowest BCUT2D eigenvalue weighted by molar-refractivity contribution is -0.137. The predicted molar refractivity (Wildman–Crippen MR) is 93.1 cm³/mol. The second kappa shape index (κ2) is 7.67. The minimum atomic E-state index is -4.48. The largest absolute Gasteiger partial charge is 0.417 e. The van der Waals surface area contributed by atoms with Crippen LogP contribution in [0.1, 0.15) is 11.1 Å². The predicted octanol–water partition coefficient (Wildman–Crippen LogP) is 3.54. The van der Waals surface area contributed by atoms with Crippen molar-refractivity contribution in [2.45, 2.75) is 17.8 Å². The van der Waals surface area contributed by atoms with Crippen LogP contribution in [0.5, 0.6) is 0 Å². The first-order valence-electron chi connectivity index (χ1n) is 7.67. The highest BCUT2D eigenvalue weighted by Gasteiger charge is 2.31. The van der Waals surface area contributed by atoms with Crippen LogP contribution in [-0.4, -0.2) is 26.3 Å². The van der Waals surface area contributed by atoms with E-state index in [2.05, 4.69) is 15.5 Å². The number of alkyl halides is 3. The fraction of sp³-hybridized carbons (Fsp3) is 0.176. The number of nitriles is 1. The maximum atomic E-state index is 12.8. The molecule has 0 aliphatic rings. The number of nitrogens with zero attached hydrogens (tertiary/aromatic N) is 4. The van der Waals surface area contributed by atoms with E-state index in [1.54, 1.807) is 24.3 Å². The zero-order chi connectivity index (χ0) is 19.4. The fourth-order valence-electron chi connectivity index (χ4n) is 2.26. The van der Waals surface area contributed by atoms with Crippen LogP contribution in [-0.2, 0) is 17.4 Å². The number of pyridine rings is 1. The molecule has 6 nitrogen and oxygen atoms in total. The number of hydrogen-bond acceptors (Lipinski definition) is 5. The van der Waals surface area contributed by atoms with E-state index in [9.17, 15) is 18.0 Å². The first-order valence-corrected chi connectivity index (χ1v) is 8.66. The molecule has 138 valence electrons. The molecule has 1 aromatic carbocycles. The zero-order valence-corrected chi connectivity index (χ0v) is 14.5. The van der Waals surface area contributed by atoms with Crippen molar-refractivity contribution < 1.29 is 18.0 Å². The molecule has 0 spiro atoms. The number of amides is 1. The summed E-state index contributed by atoms with van der Waals surface area (Å²) in [6, 6.07) is 11.0. The van der Waals surface area contributed by atoms with Crippen LogP contribution >= 0.6 is 11.8 Å². The molecule has 2 heterocycles. The van der Waals surface area contributed by atoms with E-state index in [1.807, 2.05) is 6.07 Å². The topological polar surface area (TPSA) is 83.1 Å². The lowest BCUT2D eigenvalue weighted by atomic mass is 10.1. The number of benzene rings is 1. The molecule has 0 radical (unpaired) electrons. The summed E-state index contributed by atoms with van der Waals surface area (Å²) >= 11 is 0.981. The summed E-state index contributed by atoms with van der Waals surface area (Å²) in [5, 5.41) is 19.1. The number of aromatic nitrogens is 3. The molecule has 0 saturated carbocycles. The highest BCUT2D eigenvalue weighted by Crippen LogP contribution is 2.30. The Labute approximate surface area is 156 Å². The van der Waals surface area contributed by atoms with E-state index in [4.69, 9.17) is 5.26 Å². The number of rotatable bonds is 5. The Bertz CT molecular complexity index is 1010. The van der Waals surface area contributed by atoms with E-state index < -0.39 is 11.7 Å². The van der Waals surface area contributed by atoms with Gasteiger partial charge in [0, 0.05) is 11.9 Å². The highest BCUT2D eigenvalue weighted by atomic mass is 32.2.